The van der Waals surface area contributed by atoms with Crippen LogP contribution in [0.4, 0.5) is 0 Å². The van der Waals surface area contributed by atoms with Crippen LogP contribution in [0, 0.1) is 6.92 Å². The molecule has 1 N–H and O–H groups in total. The number of hydrogen-bond donors (Lipinski definition) is 1. The number of H-pyrrole nitrogens is 1. The zero-order valence-corrected chi connectivity index (χ0v) is 11.0. The lowest BCUT2D eigenvalue weighted by molar-refractivity contribution is 0.892. The van der Waals surface area contributed by atoms with Gasteiger partial charge < -0.3 is 9.55 Å². The molecule has 96 valence electrons. The van der Waals surface area contributed by atoms with Gasteiger partial charge in [0.1, 0.15) is 5.82 Å². The summed E-state index contributed by atoms with van der Waals surface area (Å²) in [5.74, 6) is 0.989. The van der Waals surface area contributed by atoms with Crippen LogP contribution < -0.4 is 5.43 Å². The predicted molar refractivity (Wildman–Crippen MR) is 75.8 cm³/mol. The van der Waals surface area contributed by atoms with Gasteiger partial charge in [-0.3, -0.25) is 4.79 Å². The monoisotopic (exact) mass is 253 g/mol. The lowest BCUT2D eigenvalue weighted by atomic mass is 10.1. The van der Waals surface area contributed by atoms with Crippen LogP contribution >= 0.6 is 0 Å². The number of fused-ring (bicyclic) bond motifs is 1. The number of aromatic amines is 1. The highest BCUT2D eigenvalue weighted by molar-refractivity contribution is 5.80. The van der Waals surface area contributed by atoms with Gasteiger partial charge in [-0.2, -0.15) is 0 Å². The second-order valence-electron chi connectivity index (χ2n) is 4.61. The zero-order valence-electron chi connectivity index (χ0n) is 11.0. The third-order valence-electron chi connectivity index (χ3n) is 3.26. The fourth-order valence-electron chi connectivity index (χ4n) is 2.35. The topological polar surface area (TPSA) is 50.7 Å². The van der Waals surface area contributed by atoms with Crippen LogP contribution in [0.3, 0.4) is 0 Å². The molecule has 0 saturated heterocycles. The van der Waals surface area contributed by atoms with Crippen LogP contribution in [0.1, 0.15) is 18.4 Å². The van der Waals surface area contributed by atoms with Crippen molar-refractivity contribution in [3.8, 4) is 5.69 Å². The Bertz CT molecular complexity index is 799. The fourth-order valence-corrected chi connectivity index (χ4v) is 2.35. The molecule has 3 aromatic rings. The second kappa shape index (κ2) is 4.39. The number of hydrogen-bond acceptors (Lipinski definition) is 2. The number of rotatable bonds is 2. The van der Waals surface area contributed by atoms with Gasteiger partial charge in [-0.05, 0) is 25.1 Å². The van der Waals surface area contributed by atoms with Crippen LogP contribution in [-0.2, 0) is 6.42 Å². The smallest absolute Gasteiger partial charge is 0.189 e. The summed E-state index contributed by atoms with van der Waals surface area (Å²) >= 11 is 0. The first-order chi connectivity index (χ1) is 9.19. The highest BCUT2D eigenvalue weighted by atomic mass is 16.1. The van der Waals surface area contributed by atoms with E-state index in [0.29, 0.717) is 5.39 Å². The van der Waals surface area contributed by atoms with Crippen LogP contribution in [0.2, 0.25) is 0 Å². The Morgan fingerprint density at radius 1 is 1.32 bits per heavy atom. The normalized spacial score (nSPS) is 11.1. The largest absolute Gasteiger partial charge is 0.358 e. The molecule has 4 nitrogen and oxygen atoms in total. The first-order valence-electron chi connectivity index (χ1n) is 6.35. The van der Waals surface area contributed by atoms with Crippen molar-refractivity contribution < 1.29 is 0 Å². The average Bonchev–Trinajstić information content (AvgIpc) is 2.86. The number of nitrogens with one attached hydrogen (secondary N) is 1. The molecule has 2 heterocycles. The van der Waals surface area contributed by atoms with E-state index in [4.69, 9.17) is 0 Å². The molecular formula is C15H15N3O. The van der Waals surface area contributed by atoms with E-state index in [9.17, 15) is 4.79 Å². The van der Waals surface area contributed by atoms with Crippen LogP contribution in [0.5, 0.6) is 0 Å². The van der Waals surface area contributed by atoms with E-state index in [0.717, 1.165) is 29.1 Å². The van der Waals surface area contributed by atoms with Gasteiger partial charge in [0.05, 0.1) is 0 Å². The highest BCUT2D eigenvalue weighted by Crippen LogP contribution is 2.16. The molecule has 19 heavy (non-hydrogen) atoms. The van der Waals surface area contributed by atoms with Gasteiger partial charge in [0.2, 0.25) is 0 Å². The third kappa shape index (κ3) is 1.95. The molecule has 3 rings (SSSR count). The fraction of sp³-hybridized carbons (Fsp3) is 0.200. The van der Waals surface area contributed by atoms with Crippen LogP contribution in [-0.4, -0.2) is 14.5 Å². The number of benzene rings is 1. The van der Waals surface area contributed by atoms with E-state index in [2.05, 4.69) is 16.9 Å². The molecule has 0 fully saturated rings. The average molecular weight is 253 g/mol. The van der Waals surface area contributed by atoms with Crippen molar-refractivity contribution in [2.75, 3.05) is 0 Å². The molecule has 0 unspecified atom stereocenters. The van der Waals surface area contributed by atoms with Crippen LogP contribution in [0.15, 0.2) is 41.5 Å². The first kappa shape index (κ1) is 11.7. The molecule has 0 amide bonds. The number of aryl methyl sites for hydroxylation is 2. The molecular weight excluding hydrogens is 238 g/mol. The summed E-state index contributed by atoms with van der Waals surface area (Å²) in [6, 6.07) is 7.48. The highest BCUT2D eigenvalue weighted by Gasteiger charge is 2.06. The minimum absolute atomic E-state index is 0.0475. The Balaban J connectivity index is 2.25. The van der Waals surface area contributed by atoms with Gasteiger partial charge >= 0.3 is 0 Å². The maximum atomic E-state index is 12.0. The second-order valence-corrected chi connectivity index (χ2v) is 4.61. The van der Waals surface area contributed by atoms with Gasteiger partial charge in [0.15, 0.2) is 5.43 Å². The van der Waals surface area contributed by atoms with Gasteiger partial charge in [0, 0.05) is 47.2 Å². The van der Waals surface area contributed by atoms with E-state index in [1.807, 2.05) is 35.9 Å². The number of nitrogens with zero attached hydrogens (tertiary/aromatic N) is 2. The van der Waals surface area contributed by atoms with Crippen molar-refractivity contribution in [3.05, 3.63) is 58.4 Å². The maximum Gasteiger partial charge on any atom is 0.189 e. The minimum atomic E-state index is 0.0475. The van der Waals surface area contributed by atoms with Gasteiger partial charge in [0.25, 0.3) is 0 Å². The molecule has 0 aliphatic carbocycles. The maximum absolute atomic E-state index is 12.0. The summed E-state index contributed by atoms with van der Waals surface area (Å²) in [6.07, 6.45) is 4.56. The third-order valence-corrected chi connectivity index (χ3v) is 3.26. The van der Waals surface area contributed by atoms with Gasteiger partial charge in [-0.1, -0.05) is 6.92 Å². The van der Waals surface area contributed by atoms with Crippen molar-refractivity contribution in [2.24, 2.45) is 0 Å². The molecule has 0 aliphatic heterocycles. The molecule has 0 bridgehead atoms. The summed E-state index contributed by atoms with van der Waals surface area (Å²) in [5.41, 5.74) is 2.76. The Kier molecular flexibility index (Phi) is 2.71. The van der Waals surface area contributed by atoms with E-state index in [-0.39, 0.29) is 5.43 Å². The van der Waals surface area contributed by atoms with Crippen molar-refractivity contribution in [1.82, 2.24) is 14.5 Å². The van der Waals surface area contributed by atoms with E-state index >= 15 is 0 Å². The lowest BCUT2D eigenvalue weighted by Crippen LogP contribution is -2.05. The molecule has 0 saturated carbocycles. The predicted octanol–water partition coefficient (Wildman–Crippen LogP) is 2.58. The van der Waals surface area contributed by atoms with Crippen LogP contribution in [0.25, 0.3) is 16.6 Å². The summed E-state index contributed by atoms with van der Waals surface area (Å²) < 4.78 is 2.01. The standard InChI is InChI=1S/C15H15N3O/c1-3-15-16-6-7-18(15)11-4-5-13-12(9-11)14(19)8-10(2)17-13/h4-9H,3H2,1-2H3,(H,17,19). The first-order valence-corrected chi connectivity index (χ1v) is 6.35. The Morgan fingerprint density at radius 2 is 2.16 bits per heavy atom. The number of aromatic nitrogens is 3. The lowest BCUT2D eigenvalue weighted by Gasteiger charge is -2.08. The molecule has 0 spiro atoms. The summed E-state index contributed by atoms with van der Waals surface area (Å²) in [5, 5.41) is 0.707. The van der Waals surface area contributed by atoms with E-state index in [1.165, 1.54) is 0 Å². The van der Waals surface area contributed by atoms with Crippen molar-refractivity contribution >= 4 is 10.9 Å². The molecule has 0 radical (unpaired) electrons. The van der Waals surface area contributed by atoms with Gasteiger partial charge in [-0.25, -0.2) is 4.98 Å². The molecule has 2 aromatic heterocycles. The van der Waals surface area contributed by atoms with E-state index in [1.54, 1.807) is 12.3 Å². The number of imidazole rings is 1. The van der Waals surface area contributed by atoms with Crippen molar-refractivity contribution in [1.29, 1.82) is 0 Å². The zero-order chi connectivity index (χ0) is 13.4. The summed E-state index contributed by atoms with van der Waals surface area (Å²) in [6.45, 7) is 3.95. The number of pyridine rings is 1. The Morgan fingerprint density at radius 3 is 2.95 bits per heavy atom. The Labute approximate surface area is 110 Å². The minimum Gasteiger partial charge on any atom is -0.358 e. The Hall–Kier alpha value is -2.36. The summed E-state index contributed by atoms with van der Waals surface area (Å²) in [7, 11) is 0. The van der Waals surface area contributed by atoms with Gasteiger partial charge in [-0.15, -0.1) is 0 Å². The van der Waals surface area contributed by atoms with Crippen molar-refractivity contribution in [2.45, 2.75) is 20.3 Å². The van der Waals surface area contributed by atoms with E-state index < -0.39 is 0 Å². The SMILES string of the molecule is CCc1nccn1-c1ccc2[nH]c(C)cc(=O)c2c1. The molecule has 0 atom stereocenters. The van der Waals surface area contributed by atoms with Crippen molar-refractivity contribution in [3.63, 3.8) is 0 Å². The quantitative estimate of drug-likeness (QED) is 0.763. The molecule has 1 aromatic carbocycles. The summed E-state index contributed by atoms with van der Waals surface area (Å²) in [4.78, 5) is 19.5. The molecule has 0 aliphatic rings. The molecule has 4 heteroatoms.